The summed E-state index contributed by atoms with van der Waals surface area (Å²) in [5.41, 5.74) is 4.62. The second-order valence-electron chi connectivity index (χ2n) is 6.01. The van der Waals surface area contributed by atoms with Crippen LogP contribution in [0.2, 0.25) is 0 Å². The lowest BCUT2D eigenvalue weighted by atomic mass is 10.1. The number of hydrogen-bond acceptors (Lipinski definition) is 6. The summed E-state index contributed by atoms with van der Waals surface area (Å²) in [6.07, 6.45) is 1.77. The van der Waals surface area contributed by atoms with Gasteiger partial charge in [0.1, 0.15) is 5.76 Å². The molecule has 6 nitrogen and oxygen atoms in total. The Morgan fingerprint density at radius 2 is 2.12 bits per heavy atom. The van der Waals surface area contributed by atoms with Crippen LogP contribution < -0.4 is 0 Å². The minimum atomic E-state index is 0.103. The molecule has 3 heterocycles. The van der Waals surface area contributed by atoms with Crippen molar-refractivity contribution < 1.29 is 9.32 Å². The molecule has 0 unspecified atom stereocenters. The molecule has 1 amide bonds. The summed E-state index contributed by atoms with van der Waals surface area (Å²) in [5, 5.41) is 3.82. The Labute approximate surface area is 143 Å². The van der Waals surface area contributed by atoms with E-state index in [4.69, 9.17) is 4.52 Å². The third kappa shape index (κ3) is 2.92. The zero-order chi connectivity index (χ0) is 16.5. The number of amides is 1. The van der Waals surface area contributed by atoms with Gasteiger partial charge < -0.3 is 9.42 Å². The summed E-state index contributed by atoms with van der Waals surface area (Å²) in [7, 11) is 0. The number of piperazine rings is 1. The van der Waals surface area contributed by atoms with Gasteiger partial charge in [0.25, 0.3) is 5.91 Å². The second kappa shape index (κ2) is 6.33. The molecular formula is C17H18N4O2S. The number of carbonyl (C=O) groups is 1. The molecule has 2 aromatic heterocycles. The standard InChI is InChI=1S/C17H18N4O2S/c1-12-14(9-19-23-12)10-20-4-6-21(7-5-20)17(22)13-2-3-15-16(8-13)24-11-18-15/h2-3,8-9,11H,4-7,10H2,1H3. The highest BCUT2D eigenvalue weighted by atomic mass is 32.1. The van der Waals surface area contributed by atoms with Crippen molar-refractivity contribution in [1.82, 2.24) is 19.9 Å². The second-order valence-corrected chi connectivity index (χ2v) is 6.90. The first-order valence-electron chi connectivity index (χ1n) is 7.96. The van der Waals surface area contributed by atoms with Crippen molar-refractivity contribution >= 4 is 27.5 Å². The summed E-state index contributed by atoms with van der Waals surface area (Å²) >= 11 is 1.56. The van der Waals surface area contributed by atoms with Crippen molar-refractivity contribution in [1.29, 1.82) is 0 Å². The number of benzene rings is 1. The molecule has 124 valence electrons. The predicted octanol–water partition coefficient (Wildman–Crippen LogP) is 2.55. The summed E-state index contributed by atoms with van der Waals surface area (Å²) in [5.74, 6) is 0.970. The molecule has 3 aromatic rings. The van der Waals surface area contributed by atoms with E-state index in [0.29, 0.717) is 0 Å². The van der Waals surface area contributed by atoms with Crippen molar-refractivity contribution in [3.05, 3.63) is 46.8 Å². The maximum absolute atomic E-state index is 12.7. The highest BCUT2D eigenvalue weighted by Crippen LogP contribution is 2.20. The van der Waals surface area contributed by atoms with Crippen LogP contribution in [0, 0.1) is 6.92 Å². The molecule has 1 aliphatic rings. The Morgan fingerprint density at radius 1 is 1.29 bits per heavy atom. The van der Waals surface area contributed by atoms with Gasteiger partial charge in [-0.05, 0) is 25.1 Å². The van der Waals surface area contributed by atoms with Gasteiger partial charge in [0.2, 0.25) is 0 Å². The van der Waals surface area contributed by atoms with Crippen LogP contribution in [0.1, 0.15) is 21.7 Å². The van der Waals surface area contributed by atoms with E-state index in [-0.39, 0.29) is 5.91 Å². The van der Waals surface area contributed by atoms with Crippen LogP contribution in [0.5, 0.6) is 0 Å². The van der Waals surface area contributed by atoms with Crippen LogP contribution in [0.4, 0.5) is 0 Å². The highest BCUT2D eigenvalue weighted by molar-refractivity contribution is 7.16. The van der Waals surface area contributed by atoms with E-state index in [1.54, 1.807) is 17.5 Å². The number of aryl methyl sites for hydroxylation is 1. The van der Waals surface area contributed by atoms with Gasteiger partial charge in [-0.1, -0.05) is 5.16 Å². The zero-order valence-electron chi connectivity index (χ0n) is 13.4. The maximum atomic E-state index is 12.7. The van der Waals surface area contributed by atoms with Crippen LogP contribution in [-0.2, 0) is 6.54 Å². The minimum Gasteiger partial charge on any atom is -0.361 e. The van der Waals surface area contributed by atoms with Crippen molar-refractivity contribution in [2.45, 2.75) is 13.5 Å². The van der Waals surface area contributed by atoms with E-state index < -0.39 is 0 Å². The molecule has 0 bridgehead atoms. The van der Waals surface area contributed by atoms with Gasteiger partial charge in [-0.15, -0.1) is 11.3 Å². The number of fused-ring (bicyclic) bond motifs is 1. The van der Waals surface area contributed by atoms with Gasteiger partial charge >= 0.3 is 0 Å². The molecule has 1 saturated heterocycles. The van der Waals surface area contributed by atoms with Gasteiger partial charge in [0.05, 0.1) is 21.9 Å². The Kier molecular flexibility index (Phi) is 4.03. The van der Waals surface area contributed by atoms with Gasteiger partial charge in [0, 0.05) is 43.9 Å². The third-order valence-electron chi connectivity index (χ3n) is 4.48. The molecule has 0 radical (unpaired) electrons. The lowest BCUT2D eigenvalue weighted by Gasteiger charge is -2.34. The largest absolute Gasteiger partial charge is 0.361 e. The van der Waals surface area contributed by atoms with Crippen LogP contribution in [0.3, 0.4) is 0 Å². The smallest absolute Gasteiger partial charge is 0.253 e. The minimum absolute atomic E-state index is 0.103. The van der Waals surface area contributed by atoms with E-state index >= 15 is 0 Å². The molecule has 7 heteroatoms. The SMILES string of the molecule is Cc1oncc1CN1CCN(C(=O)c2ccc3ncsc3c2)CC1. The number of nitrogens with zero attached hydrogens (tertiary/aromatic N) is 4. The molecule has 1 aliphatic heterocycles. The number of aromatic nitrogens is 2. The lowest BCUT2D eigenvalue weighted by molar-refractivity contribution is 0.0628. The number of thiazole rings is 1. The number of rotatable bonds is 3. The number of carbonyl (C=O) groups excluding carboxylic acids is 1. The van der Waals surface area contributed by atoms with Crippen LogP contribution in [0.15, 0.2) is 34.4 Å². The van der Waals surface area contributed by atoms with E-state index in [0.717, 1.165) is 59.8 Å². The Bertz CT molecular complexity index is 864. The molecular weight excluding hydrogens is 324 g/mol. The van der Waals surface area contributed by atoms with Gasteiger partial charge in [0.15, 0.2) is 0 Å². The quantitative estimate of drug-likeness (QED) is 0.732. The van der Waals surface area contributed by atoms with Crippen LogP contribution in [-0.4, -0.2) is 52.0 Å². The molecule has 0 atom stereocenters. The summed E-state index contributed by atoms with van der Waals surface area (Å²) in [6, 6.07) is 5.74. The molecule has 24 heavy (non-hydrogen) atoms. The van der Waals surface area contributed by atoms with Gasteiger partial charge in [-0.3, -0.25) is 9.69 Å². The summed E-state index contributed by atoms with van der Waals surface area (Å²) in [4.78, 5) is 21.2. The van der Waals surface area contributed by atoms with E-state index in [1.807, 2.05) is 35.5 Å². The van der Waals surface area contributed by atoms with Crippen molar-refractivity contribution in [2.24, 2.45) is 0 Å². The number of hydrogen-bond donors (Lipinski definition) is 0. The van der Waals surface area contributed by atoms with E-state index in [2.05, 4.69) is 15.0 Å². The fourth-order valence-corrected chi connectivity index (χ4v) is 3.71. The normalized spacial score (nSPS) is 16.0. The van der Waals surface area contributed by atoms with Crippen molar-refractivity contribution in [3.63, 3.8) is 0 Å². The molecule has 4 rings (SSSR count). The Hall–Kier alpha value is -2.25. The van der Waals surface area contributed by atoms with Crippen molar-refractivity contribution in [3.8, 4) is 0 Å². The zero-order valence-corrected chi connectivity index (χ0v) is 14.3. The first-order valence-corrected chi connectivity index (χ1v) is 8.84. The van der Waals surface area contributed by atoms with Crippen LogP contribution >= 0.6 is 11.3 Å². The van der Waals surface area contributed by atoms with Gasteiger partial charge in [-0.25, -0.2) is 4.98 Å². The van der Waals surface area contributed by atoms with Crippen molar-refractivity contribution in [2.75, 3.05) is 26.2 Å². The molecule has 0 aliphatic carbocycles. The first kappa shape index (κ1) is 15.3. The lowest BCUT2D eigenvalue weighted by Crippen LogP contribution is -2.48. The predicted molar refractivity (Wildman–Crippen MR) is 92.0 cm³/mol. The molecule has 0 N–H and O–H groups in total. The fourth-order valence-electron chi connectivity index (χ4n) is 2.99. The van der Waals surface area contributed by atoms with E-state index in [9.17, 15) is 4.79 Å². The average molecular weight is 342 g/mol. The maximum Gasteiger partial charge on any atom is 0.253 e. The van der Waals surface area contributed by atoms with Crippen LogP contribution in [0.25, 0.3) is 10.2 Å². The first-order chi connectivity index (χ1) is 11.7. The third-order valence-corrected chi connectivity index (χ3v) is 5.27. The highest BCUT2D eigenvalue weighted by Gasteiger charge is 2.23. The summed E-state index contributed by atoms with van der Waals surface area (Å²) < 4.78 is 6.16. The average Bonchev–Trinajstić information content (AvgIpc) is 3.23. The Morgan fingerprint density at radius 3 is 2.88 bits per heavy atom. The molecule has 0 saturated carbocycles. The Balaban J connectivity index is 1.39. The van der Waals surface area contributed by atoms with Gasteiger partial charge in [-0.2, -0.15) is 0 Å². The summed E-state index contributed by atoms with van der Waals surface area (Å²) in [6.45, 7) is 5.95. The fraction of sp³-hybridized carbons (Fsp3) is 0.353. The van der Waals surface area contributed by atoms with E-state index in [1.165, 1.54) is 0 Å². The topological polar surface area (TPSA) is 62.5 Å². The molecule has 0 spiro atoms. The molecule has 1 aromatic carbocycles. The monoisotopic (exact) mass is 342 g/mol. The molecule has 1 fully saturated rings.